The molecular formula is C19H26ClF3N2O2. The number of alkyl halides is 3. The molecule has 2 saturated heterocycles. The van der Waals surface area contributed by atoms with E-state index in [1.165, 1.54) is 5.56 Å². The van der Waals surface area contributed by atoms with Gasteiger partial charge in [-0.25, -0.2) is 0 Å². The Balaban J connectivity index is 0.00000261. The van der Waals surface area contributed by atoms with Gasteiger partial charge in [0.25, 0.3) is 0 Å². The molecule has 152 valence electrons. The number of nitrogens with zero attached hydrogens (tertiary/aromatic N) is 1. The number of carbonyl (C=O) groups excluding carboxylic acids is 1. The van der Waals surface area contributed by atoms with E-state index in [0.717, 1.165) is 12.8 Å². The third-order valence-corrected chi connectivity index (χ3v) is 5.73. The molecule has 4 nitrogen and oxygen atoms in total. The summed E-state index contributed by atoms with van der Waals surface area (Å²) in [7, 11) is 0. The average Bonchev–Trinajstić information content (AvgIpc) is 3.11. The van der Waals surface area contributed by atoms with Gasteiger partial charge in [-0.1, -0.05) is 30.3 Å². The van der Waals surface area contributed by atoms with Crippen LogP contribution in [0.5, 0.6) is 0 Å². The molecule has 0 aliphatic carbocycles. The zero-order valence-corrected chi connectivity index (χ0v) is 15.9. The summed E-state index contributed by atoms with van der Waals surface area (Å²) in [6, 6.07) is 10.1. The first-order valence-corrected chi connectivity index (χ1v) is 9.10. The molecule has 2 aliphatic heterocycles. The van der Waals surface area contributed by atoms with Crippen molar-refractivity contribution in [3.8, 4) is 0 Å². The van der Waals surface area contributed by atoms with Crippen molar-refractivity contribution in [1.29, 1.82) is 0 Å². The number of likely N-dealkylation sites (tertiary alicyclic amines) is 1. The molecule has 0 aromatic heterocycles. The monoisotopic (exact) mass is 406 g/mol. The summed E-state index contributed by atoms with van der Waals surface area (Å²) in [5.74, 6) is -0.128. The number of nitrogens with two attached hydrogens (primary N) is 1. The summed E-state index contributed by atoms with van der Waals surface area (Å²) in [5.41, 5.74) is 7.10. The van der Waals surface area contributed by atoms with Gasteiger partial charge in [0.2, 0.25) is 5.91 Å². The maximum Gasteiger partial charge on any atom is 0.414 e. The van der Waals surface area contributed by atoms with Gasteiger partial charge in [-0.05, 0) is 31.2 Å². The molecule has 27 heavy (non-hydrogen) atoms. The largest absolute Gasteiger partial charge is 0.414 e. The molecule has 1 aromatic rings. The Labute approximate surface area is 163 Å². The van der Waals surface area contributed by atoms with E-state index < -0.39 is 18.4 Å². The minimum atomic E-state index is -4.35. The Morgan fingerprint density at radius 2 is 1.81 bits per heavy atom. The second-order valence-corrected chi connectivity index (χ2v) is 7.30. The Morgan fingerprint density at radius 3 is 2.33 bits per heavy atom. The van der Waals surface area contributed by atoms with Crippen LogP contribution in [0.15, 0.2) is 30.3 Å². The van der Waals surface area contributed by atoms with Crippen LogP contribution in [-0.4, -0.2) is 48.8 Å². The van der Waals surface area contributed by atoms with Gasteiger partial charge in [-0.3, -0.25) is 4.79 Å². The third-order valence-electron chi connectivity index (χ3n) is 5.73. The summed E-state index contributed by atoms with van der Waals surface area (Å²) >= 11 is 0. The lowest BCUT2D eigenvalue weighted by Gasteiger charge is -2.42. The highest BCUT2D eigenvalue weighted by Gasteiger charge is 2.46. The minimum absolute atomic E-state index is 0. The lowest BCUT2D eigenvalue weighted by atomic mass is 9.73. The number of ether oxygens (including phenoxy) is 1. The van der Waals surface area contributed by atoms with Crippen molar-refractivity contribution >= 4 is 18.3 Å². The number of hydrogen-bond donors (Lipinski definition) is 1. The highest BCUT2D eigenvalue weighted by Crippen LogP contribution is 2.36. The fourth-order valence-electron chi connectivity index (χ4n) is 4.01. The normalized spacial score (nSPS) is 25.1. The molecule has 0 saturated carbocycles. The summed E-state index contributed by atoms with van der Waals surface area (Å²) in [5, 5.41) is 0. The first-order chi connectivity index (χ1) is 12.3. The number of carbonyl (C=O) groups is 1. The number of benzene rings is 1. The maximum absolute atomic E-state index is 12.7. The Morgan fingerprint density at radius 1 is 1.19 bits per heavy atom. The van der Waals surface area contributed by atoms with E-state index in [4.69, 9.17) is 10.5 Å². The second kappa shape index (κ2) is 8.80. The molecule has 2 atom stereocenters. The number of halogens is 4. The molecule has 3 rings (SSSR count). The van der Waals surface area contributed by atoms with Crippen molar-refractivity contribution in [3.63, 3.8) is 0 Å². The van der Waals surface area contributed by atoms with E-state index in [-0.39, 0.29) is 43.0 Å². The Bertz CT molecular complexity index is 619. The van der Waals surface area contributed by atoms with Gasteiger partial charge in [0, 0.05) is 25.0 Å². The van der Waals surface area contributed by atoms with Gasteiger partial charge in [0.1, 0.15) is 0 Å². The molecule has 8 heteroatoms. The minimum Gasteiger partial charge on any atom is -0.365 e. The third kappa shape index (κ3) is 4.95. The predicted molar refractivity (Wildman–Crippen MR) is 98.8 cm³/mol. The standard InChI is InChI=1S/C19H25F3N2O2.ClH/c20-19(21,22)16-7-6-15(26-16)12-17(25)24-10-8-18(13-23,9-11-24)14-4-2-1-3-5-14;/h1-5,15-16H,6-13,23H2;1H. The molecule has 1 amide bonds. The number of hydrogen-bond acceptors (Lipinski definition) is 3. The molecular weight excluding hydrogens is 381 g/mol. The van der Waals surface area contributed by atoms with Crippen LogP contribution in [0.25, 0.3) is 0 Å². The van der Waals surface area contributed by atoms with Gasteiger partial charge >= 0.3 is 6.18 Å². The van der Waals surface area contributed by atoms with Crippen molar-refractivity contribution in [3.05, 3.63) is 35.9 Å². The topological polar surface area (TPSA) is 55.6 Å². The van der Waals surface area contributed by atoms with Crippen LogP contribution in [0.4, 0.5) is 13.2 Å². The van der Waals surface area contributed by atoms with Crippen LogP contribution in [0, 0.1) is 0 Å². The van der Waals surface area contributed by atoms with E-state index in [9.17, 15) is 18.0 Å². The fraction of sp³-hybridized carbons (Fsp3) is 0.632. The molecule has 0 spiro atoms. The van der Waals surface area contributed by atoms with Gasteiger partial charge in [0.05, 0.1) is 12.5 Å². The van der Waals surface area contributed by atoms with Crippen LogP contribution >= 0.6 is 12.4 Å². The van der Waals surface area contributed by atoms with E-state index in [1.54, 1.807) is 4.90 Å². The molecule has 0 radical (unpaired) electrons. The van der Waals surface area contributed by atoms with Crippen molar-refractivity contribution in [2.24, 2.45) is 5.73 Å². The van der Waals surface area contributed by atoms with E-state index in [2.05, 4.69) is 12.1 Å². The number of rotatable bonds is 4. The second-order valence-electron chi connectivity index (χ2n) is 7.30. The van der Waals surface area contributed by atoms with Crippen molar-refractivity contribution in [1.82, 2.24) is 4.90 Å². The predicted octanol–water partition coefficient (Wildman–Crippen LogP) is 3.43. The SMILES string of the molecule is Cl.NCC1(c2ccccc2)CCN(C(=O)CC2CCC(C(F)(F)F)O2)CC1. The van der Waals surface area contributed by atoms with E-state index in [1.807, 2.05) is 18.2 Å². The van der Waals surface area contributed by atoms with Crippen LogP contribution in [0.2, 0.25) is 0 Å². The Kier molecular flexibility index (Phi) is 7.16. The van der Waals surface area contributed by atoms with Crippen molar-refractivity contribution in [2.45, 2.75) is 55.9 Å². The molecule has 1 aromatic carbocycles. The van der Waals surface area contributed by atoms with Gasteiger partial charge in [0.15, 0.2) is 6.10 Å². The highest BCUT2D eigenvalue weighted by molar-refractivity contribution is 5.85. The molecule has 2 heterocycles. The summed E-state index contributed by atoms with van der Waals surface area (Å²) in [6.07, 6.45) is -4.96. The van der Waals surface area contributed by atoms with Gasteiger partial charge < -0.3 is 15.4 Å². The van der Waals surface area contributed by atoms with Crippen LogP contribution < -0.4 is 5.73 Å². The van der Waals surface area contributed by atoms with Crippen LogP contribution in [-0.2, 0) is 14.9 Å². The molecule has 2 fully saturated rings. The summed E-state index contributed by atoms with van der Waals surface area (Å²) in [4.78, 5) is 14.2. The molecule has 2 unspecified atom stereocenters. The number of amides is 1. The van der Waals surface area contributed by atoms with E-state index >= 15 is 0 Å². The zero-order valence-electron chi connectivity index (χ0n) is 15.1. The highest BCUT2D eigenvalue weighted by atomic mass is 35.5. The molecule has 2 N–H and O–H groups in total. The molecule has 2 aliphatic rings. The number of piperidine rings is 1. The fourth-order valence-corrected chi connectivity index (χ4v) is 4.01. The molecule has 0 bridgehead atoms. The van der Waals surface area contributed by atoms with Gasteiger partial charge in [-0.15, -0.1) is 12.4 Å². The average molecular weight is 407 g/mol. The Hall–Kier alpha value is -1.31. The lowest BCUT2D eigenvalue weighted by molar-refractivity contribution is -0.215. The first kappa shape index (κ1) is 22.0. The van der Waals surface area contributed by atoms with Crippen LogP contribution in [0.3, 0.4) is 0 Å². The smallest absolute Gasteiger partial charge is 0.365 e. The maximum atomic E-state index is 12.7. The summed E-state index contributed by atoms with van der Waals surface area (Å²) < 4.78 is 43.1. The van der Waals surface area contributed by atoms with Crippen molar-refractivity contribution < 1.29 is 22.7 Å². The summed E-state index contributed by atoms with van der Waals surface area (Å²) in [6.45, 7) is 1.65. The zero-order chi connectivity index (χ0) is 18.8. The first-order valence-electron chi connectivity index (χ1n) is 9.10. The van der Waals surface area contributed by atoms with Gasteiger partial charge in [-0.2, -0.15) is 13.2 Å². The quantitative estimate of drug-likeness (QED) is 0.833. The van der Waals surface area contributed by atoms with Crippen molar-refractivity contribution in [2.75, 3.05) is 19.6 Å². The van der Waals surface area contributed by atoms with E-state index in [0.29, 0.717) is 19.6 Å². The lowest BCUT2D eigenvalue weighted by Crippen LogP contribution is -2.49. The van der Waals surface area contributed by atoms with Crippen LogP contribution in [0.1, 0.15) is 37.7 Å².